The van der Waals surface area contributed by atoms with Gasteiger partial charge in [0.05, 0.1) is 11.7 Å². The van der Waals surface area contributed by atoms with Gasteiger partial charge in [-0.1, -0.05) is 34.8 Å². The normalized spacial score (nSPS) is 18.5. The molecular weight excluding hydrogens is 420 g/mol. The Morgan fingerprint density at radius 1 is 1.06 bits per heavy atom. The van der Waals surface area contributed by atoms with Crippen LogP contribution in [0.5, 0.6) is 0 Å². The second kappa shape index (κ2) is 8.94. The van der Waals surface area contributed by atoms with Crippen LogP contribution < -0.4 is 4.90 Å². The second-order valence-electron chi connectivity index (χ2n) is 8.68. The zero-order valence-corrected chi connectivity index (χ0v) is 19.4. The number of hydrogen-bond donors (Lipinski definition) is 0. The fourth-order valence-corrected chi connectivity index (χ4v) is 5.43. The van der Waals surface area contributed by atoms with E-state index < -0.39 is 0 Å². The number of nitrogens with zero attached hydrogens (tertiary/aromatic N) is 6. The molecule has 32 heavy (non-hydrogen) atoms. The molecule has 0 radical (unpaired) electrons. The number of carbonyl (C=O) groups excluding carboxylic acids is 1. The maximum atomic E-state index is 13.3. The van der Waals surface area contributed by atoms with Crippen molar-refractivity contribution in [2.75, 3.05) is 18.0 Å². The van der Waals surface area contributed by atoms with Crippen LogP contribution in [0.2, 0.25) is 0 Å². The smallest absolute Gasteiger partial charge is 0.268 e. The van der Waals surface area contributed by atoms with Gasteiger partial charge in [0.1, 0.15) is 10.7 Å². The van der Waals surface area contributed by atoms with E-state index in [1.54, 1.807) is 0 Å². The fraction of sp³-hybridized carbons (Fsp3) is 0.458. The van der Waals surface area contributed by atoms with Gasteiger partial charge in [0, 0.05) is 30.9 Å². The number of aromatic nitrogens is 4. The maximum Gasteiger partial charge on any atom is 0.268 e. The van der Waals surface area contributed by atoms with Crippen molar-refractivity contribution in [1.82, 2.24) is 24.5 Å². The topological polar surface area (TPSA) is 75.1 Å². The van der Waals surface area contributed by atoms with Crippen LogP contribution in [-0.2, 0) is 13.0 Å². The van der Waals surface area contributed by atoms with Gasteiger partial charge in [-0.25, -0.2) is 9.97 Å². The van der Waals surface area contributed by atoms with Gasteiger partial charge >= 0.3 is 0 Å². The lowest BCUT2D eigenvalue weighted by Crippen LogP contribution is -2.40. The Hall–Kier alpha value is -2.87. The summed E-state index contributed by atoms with van der Waals surface area (Å²) in [6, 6.07) is 10.4. The molecule has 2 aromatic heterocycles. The van der Waals surface area contributed by atoms with E-state index in [-0.39, 0.29) is 11.9 Å². The molecule has 0 spiro atoms. The van der Waals surface area contributed by atoms with Crippen molar-refractivity contribution in [3.05, 3.63) is 63.5 Å². The third-order valence-corrected chi connectivity index (χ3v) is 7.30. The Morgan fingerprint density at radius 3 is 2.69 bits per heavy atom. The van der Waals surface area contributed by atoms with Gasteiger partial charge in [0.2, 0.25) is 0 Å². The Labute approximate surface area is 192 Å². The Bertz CT molecular complexity index is 1110. The van der Waals surface area contributed by atoms with Gasteiger partial charge in [-0.2, -0.15) is 0 Å². The van der Waals surface area contributed by atoms with Gasteiger partial charge in [0.25, 0.3) is 5.91 Å². The van der Waals surface area contributed by atoms with E-state index >= 15 is 0 Å². The van der Waals surface area contributed by atoms with Crippen molar-refractivity contribution >= 4 is 23.3 Å². The molecule has 1 aromatic carbocycles. The summed E-state index contributed by atoms with van der Waals surface area (Å²) in [5.41, 5.74) is 4.25. The standard InChI is InChI=1S/C24H28N6OS/c1-16-19-11-8-13-29(15-18-9-4-3-5-10-18)23(19)26-22(25-16)20-12-6-7-14-30(20)24(31)21-17(2)27-28-32-21/h3-5,9-10,20H,6-8,11-15H2,1-2H3/t20-/m0/s1. The monoisotopic (exact) mass is 448 g/mol. The van der Waals surface area contributed by atoms with Crippen molar-refractivity contribution < 1.29 is 4.79 Å². The molecular formula is C24H28N6OS. The van der Waals surface area contributed by atoms with Crippen molar-refractivity contribution in [3.8, 4) is 0 Å². The summed E-state index contributed by atoms with van der Waals surface area (Å²) in [7, 11) is 0. The highest BCUT2D eigenvalue weighted by Gasteiger charge is 2.34. The summed E-state index contributed by atoms with van der Waals surface area (Å²) in [4.78, 5) is 28.3. The van der Waals surface area contributed by atoms with E-state index in [0.29, 0.717) is 17.1 Å². The lowest BCUT2D eigenvalue weighted by Gasteiger charge is -2.36. The van der Waals surface area contributed by atoms with Crippen molar-refractivity contribution in [2.45, 2.75) is 58.5 Å². The average molecular weight is 449 g/mol. The van der Waals surface area contributed by atoms with E-state index in [4.69, 9.17) is 9.97 Å². The van der Waals surface area contributed by atoms with E-state index in [9.17, 15) is 4.79 Å². The number of carbonyl (C=O) groups is 1. The van der Waals surface area contributed by atoms with Crippen LogP contribution in [-0.4, -0.2) is 43.5 Å². The first-order chi connectivity index (χ1) is 15.6. The number of aryl methyl sites for hydroxylation is 2. The summed E-state index contributed by atoms with van der Waals surface area (Å²) in [5.74, 6) is 1.81. The minimum Gasteiger partial charge on any atom is -0.352 e. The Morgan fingerprint density at radius 2 is 1.91 bits per heavy atom. The number of amides is 1. The molecule has 5 rings (SSSR count). The van der Waals surface area contributed by atoms with Crippen LogP contribution in [0.4, 0.5) is 5.82 Å². The predicted molar refractivity (Wildman–Crippen MR) is 125 cm³/mol. The van der Waals surface area contributed by atoms with Crippen LogP contribution in [0.25, 0.3) is 0 Å². The highest BCUT2D eigenvalue weighted by Crippen LogP contribution is 2.35. The van der Waals surface area contributed by atoms with Gasteiger partial charge in [-0.3, -0.25) is 4.79 Å². The SMILES string of the molecule is Cc1nnsc1C(=O)N1CCCC[C@H]1c1nc(C)c2c(n1)N(Cc1ccccc1)CCC2. The molecule has 1 amide bonds. The largest absolute Gasteiger partial charge is 0.352 e. The number of hydrogen-bond acceptors (Lipinski definition) is 7. The molecule has 1 fully saturated rings. The molecule has 3 aromatic rings. The summed E-state index contributed by atoms with van der Waals surface area (Å²) in [6.07, 6.45) is 5.06. The molecule has 0 bridgehead atoms. The van der Waals surface area contributed by atoms with Crippen LogP contribution in [0.15, 0.2) is 30.3 Å². The molecule has 166 valence electrons. The maximum absolute atomic E-state index is 13.3. The van der Waals surface area contributed by atoms with Gasteiger partial charge in [-0.05, 0) is 63.0 Å². The zero-order chi connectivity index (χ0) is 22.1. The molecule has 0 saturated carbocycles. The summed E-state index contributed by atoms with van der Waals surface area (Å²) < 4.78 is 3.96. The quantitative estimate of drug-likeness (QED) is 0.594. The zero-order valence-electron chi connectivity index (χ0n) is 18.6. The van der Waals surface area contributed by atoms with Crippen molar-refractivity contribution in [2.24, 2.45) is 0 Å². The summed E-state index contributed by atoms with van der Waals surface area (Å²) in [6.45, 7) is 6.46. The van der Waals surface area contributed by atoms with Crippen LogP contribution >= 0.6 is 11.5 Å². The van der Waals surface area contributed by atoms with Gasteiger partial charge < -0.3 is 9.80 Å². The van der Waals surface area contributed by atoms with Crippen LogP contribution in [0.3, 0.4) is 0 Å². The first-order valence-electron chi connectivity index (χ1n) is 11.4. The molecule has 0 aliphatic carbocycles. The first-order valence-corrected chi connectivity index (χ1v) is 12.2. The fourth-order valence-electron chi connectivity index (χ4n) is 4.82. The lowest BCUT2D eigenvalue weighted by molar-refractivity contribution is 0.0603. The number of benzene rings is 1. The minimum atomic E-state index is -0.109. The lowest BCUT2D eigenvalue weighted by atomic mass is 9.99. The molecule has 4 heterocycles. The number of fused-ring (bicyclic) bond motifs is 1. The number of piperidine rings is 1. The third-order valence-electron chi connectivity index (χ3n) is 6.49. The Balaban J connectivity index is 1.49. The summed E-state index contributed by atoms with van der Waals surface area (Å²) in [5, 5.41) is 4.03. The molecule has 8 heteroatoms. The average Bonchev–Trinajstić information content (AvgIpc) is 3.25. The van der Waals surface area contributed by atoms with E-state index in [1.165, 1.54) is 22.7 Å². The molecule has 2 aliphatic heterocycles. The molecule has 1 atom stereocenters. The van der Waals surface area contributed by atoms with E-state index in [1.807, 2.05) is 17.9 Å². The van der Waals surface area contributed by atoms with Gasteiger partial charge in [-0.15, -0.1) is 5.10 Å². The highest BCUT2D eigenvalue weighted by atomic mass is 32.1. The van der Waals surface area contributed by atoms with Crippen LogP contribution in [0, 0.1) is 13.8 Å². The van der Waals surface area contributed by atoms with E-state index in [0.717, 1.165) is 62.5 Å². The Kier molecular flexibility index (Phi) is 5.87. The number of rotatable bonds is 4. The van der Waals surface area contributed by atoms with Crippen LogP contribution in [0.1, 0.15) is 69.7 Å². The molecule has 2 aliphatic rings. The second-order valence-corrected chi connectivity index (χ2v) is 9.43. The molecule has 0 unspecified atom stereocenters. The predicted octanol–water partition coefficient (Wildman–Crippen LogP) is 4.27. The molecule has 0 N–H and O–H groups in total. The van der Waals surface area contributed by atoms with Crippen molar-refractivity contribution in [1.29, 1.82) is 0 Å². The first kappa shape index (κ1) is 21.0. The third kappa shape index (κ3) is 3.99. The van der Waals surface area contributed by atoms with Gasteiger partial charge in [0.15, 0.2) is 5.82 Å². The number of likely N-dealkylation sites (tertiary alicyclic amines) is 1. The molecule has 1 saturated heterocycles. The van der Waals surface area contributed by atoms with Crippen molar-refractivity contribution in [3.63, 3.8) is 0 Å². The van der Waals surface area contributed by atoms with E-state index in [2.05, 4.69) is 45.7 Å². The minimum absolute atomic E-state index is 0.00214. The molecule has 7 nitrogen and oxygen atoms in total. The number of anilines is 1. The summed E-state index contributed by atoms with van der Waals surface area (Å²) >= 11 is 1.17. The highest BCUT2D eigenvalue weighted by molar-refractivity contribution is 7.07.